The number of halogens is 2. The Balaban J connectivity index is 3.13. The van der Waals surface area contributed by atoms with Crippen LogP contribution in [0.1, 0.15) is 35.0 Å². The van der Waals surface area contributed by atoms with Crippen LogP contribution in [0.3, 0.4) is 0 Å². The summed E-state index contributed by atoms with van der Waals surface area (Å²) in [4.78, 5) is 14.7. The van der Waals surface area contributed by atoms with E-state index < -0.39 is 18.0 Å². The normalized spacial score (nSPS) is 9.94. The number of pyridine rings is 1. The van der Waals surface area contributed by atoms with Gasteiger partial charge in [0.15, 0.2) is 0 Å². The first-order chi connectivity index (χ1) is 7.60. The second-order valence-corrected chi connectivity index (χ2v) is 2.79. The highest BCUT2D eigenvalue weighted by Gasteiger charge is 2.17. The van der Waals surface area contributed by atoms with Gasteiger partial charge in [0.05, 0.1) is 17.7 Å². The molecule has 0 spiro atoms. The average molecular weight is 226 g/mol. The van der Waals surface area contributed by atoms with Crippen molar-refractivity contribution < 1.29 is 18.3 Å². The molecule has 0 fully saturated rings. The molecule has 1 heterocycles. The molecule has 1 aromatic rings. The summed E-state index contributed by atoms with van der Waals surface area (Å²) in [6.45, 7) is 1.74. The van der Waals surface area contributed by atoms with Gasteiger partial charge in [0.2, 0.25) is 0 Å². The Bertz CT molecular complexity index is 441. The molecule has 0 amide bonds. The van der Waals surface area contributed by atoms with E-state index in [0.717, 1.165) is 12.3 Å². The summed E-state index contributed by atoms with van der Waals surface area (Å²) >= 11 is 0. The first kappa shape index (κ1) is 12.0. The molecule has 0 atom stereocenters. The van der Waals surface area contributed by atoms with E-state index >= 15 is 0 Å². The molecular weight excluding hydrogens is 218 g/mol. The third kappa shape index (κ3) is 2.51. The molecule has 0 aliphatic rings. The quantitative estimate of drug-likeness (QED) is 0.740. The van der Waals surface area contributed by atoms with Gasteiger partial charge in [0, 0.05) is 6.20 Å². The van der Waals surface area contributed by atoms with E-state index in [2.05, 4.69) is 9.72 Å². The molecule has 4 nitrogen and oxygen atoms in total. The van der Waals surface area contributed by atoms with Crippen LogP contribution >= 0.6 is 0 Å². The number of alkyl halides is 2. The molecule has 0 aromatic carbocycles. The van der Waals surface area contributed by atoms with E-state index in [1.165, 1.54) is 6.07 Å². The largest absolute Gasteiger partial charge is 0.462 e. The number of aromatic nitrogens is 1. The molecule has 1 aromatic heterocycles. The number of hydrogen-bond donors (Lipinski definition) is 0. The molecule has 1 rings (SSSR count). The Kier molecular flexibility index (Phi) is 3.89. The van der Waals surface area contributed by atoms with E-state index in [-0.39, 0.29) is 17.9 Å². The van der Waals surface area contributed by atoms with Crippen LogP contribution in [-0.4, -0.2) is 17.6 Å². The monoisotopic (exact) mass is 226 g/mol. The smallest absolute Gasteiger partial charge is 0.339 e. The number of hydrogen-bond acceptors (Lipinski definition) is 4. The Labute approximate surface area is 90.5 Å². The van der Waals surface area contributed by atoms with Gasteiger partial charge in [-0.1, -0.05) is 0 Å². The van der Waals surface area contributed by atoms with Crippen LogP contribution < -0.4 is 0 Å². The fraction of sp³-hybridized carbons (Fsp3) is 0.300. The molecule has 0 unspecified atom stereocenters. The lowest BCUT2D eigenvalue weighted by Crippen LogP contribution is -2.07. The second kappa shape index (κ2) is 5.16. The zero-order valence-electron chi connectivity index (χ0n) is 8.41. The van der Waals surface area contributed by atoms with Gasteiger partial charge in [-0.05, 0) is 13.0 Å². The summed E-state index contributed by atoms with van der Waals surface area (Å²) < 4.78 is 29.6. The third-order valence-electron chi connectivity index (χ3n) is 1.77. The zero-order valence-corrected chi connectivity index (χ0v) is 8.41. The number of carbonyl (C=O) groups excluding carboxylic acids is 1. The minimum absolute atomic E-state index is 0.0869. The Hall–Kier alpha value is -2.03. The maximum Gasteiger partial charge on any atom is 0.339 e. The maximum absolute atomic E-state index is 12.5. The Morgan fingerprint density at radius 2 is 2.38 bits per heavy atom. The van der Waals surface area contributed by atoms with Gasteiger partial charge in [0.25, 0.3) is 6.43 Å². The highest BCUT2D eigenvalue weighted by molar-refractivity contribution is 5.89. The topological polar surface area (TPSA) is 63.0 Å². The predicted molar refractivity (Wildman–Crippen MR) is 49.9 cm³/mol. The van der Waals surface area contributed by atoms with E-state index in [4.69, 9.17) is 5.26 Å². The summed E-state index contributed by atoms with van der Waals surface area (Å²) in [6.07, 6.45) is -1.81. The fourth-order valence-corrected chi connectivity index (χ4v) is 1.07. The highest BCUT2D eigenvalue weighted by atomic mass is 19.3. The standard InChI is InChI=1S/C10H8F2N2O2/c1-2-16-10(15)6-3-7(9(11)12)8(4-13)14-5-6/h3,5,9H,2H2,1H3. The number of ether oxygens (including phenoxy) is 1. The van der Waals surface area contributed by atoms with Gasteiger partial charge < -0.3 is 4.74 Å². The predicted octanol–water partition coefficient (Wildman–Crippen LogP) is 2.07. The zero-order chi connectivity index (χ0) is 12.1. The maximum atomic E-state index is 12.5. The molecule has 84 valence electrons. The second-order valence-electron chi connectivity index (χ2n) is 2.79. The first-order valence-electron chi connectivity index (χ1n) is 4.45. The number of nitriles is 1. The minimum Gasteiger partial charge on any atom is -0.462 e. The van der Waals surface area contributed by atoms with Gasteiger partial charge in [-0.15, -0.1) is 0 Å². The molecule has 0 aliphatic carbocycles. The number of nitrogens with zero attached hydrogens (tertiary/aromatic N) is 2. The number of rotatable bonds is 3. The lowest BCUT2D eigenvalue weighted by atomic mass is 10.1. The molecule has 6 heteroatoms. The Morgan fingerprint density at radius 1 is 1.69 bits per heavy atom. The number of esters is 1. The van der Waals surface area contributed by atoms with Crippen molar-refractivity contribution >= 4 is 5.97 Å². The van der Waals surface area contributed by atoms with Crippen LogP contribution in [-0.2, 0) is 4.74 Å². The summed E-state index contributed by atoms with van der Waals surface area (Å²) in [6, 6.07) is 2.46. The molecule has 0 saturated carbocycles. The van der Waals surface area contributed by atoms with Crippen LogP contribution in [0.4, 0.5) is 8.78 Å². The first-order valence-corrected chi connectivity index (χ1v) is 4.45. The van der Waals surface area contributed by atoms with Crippen molar-refractivity contribution in [3.05, 3.63) is 29.1 Å². The van der Waals surface area contributed by atoms with Crippen molar-refractivity contribution in [3.63, 3.8) is 0 Å². The van der Waals surface area contributed by atoms with Crippen LogP contribution in [0, 0.1) is 11.3 Å². The van der Waals surface area contributed by atoms with E-state index in [0.29, 0.717) is 0 Å². The van der Waals surface area contributed by atoms with Crippen LogP contribution in [0.15, 0.2) is 12.3 Å². The summed E-state index contributed by atoms with van der Waals surface area (Å²) in [5, 5.41) is 8.54. The Morgan fingerprint density at radius 3 is 2.88 bits per heavy atom. The van der Waals surface area contributed by atoms with Crippen molar-refractivity contribution in [2.75, 3.05) is 6.61 Å². The highest BCUT2D eigenvalue weighted by Crippen LogP contribution is 2.22. The lowest BCUT2D eigenvalue weighted by molar-refractivity contribution is 0.0525. The van der Waals surface area contributed by atoms with Crippen LogP contribution in [0.5, 0.6) is 0 Å². The molecular formula is C10H8F2N2O2. The molecule has 0 aliphatic heterocycles. The van der Waals surface area contributed by atoms with Crippen molar-refractivity contribution in [3.8, 4) is 6.07 Å². The molecule has 16 heavy (non-hydrogen) atoms. The van der Waals surface area contributed by atoms with Crippen LogP contribution in [0.25, 0.3) is 0 Å². The van der Waals surface area contributed by atoms with E-state index in [1.807, 2.05) is 0 Å². The van der Waals surface area contributed by atoms with Crippen molar-refractivity contribution in [1.29, 1.82) is 5.26 Å². The van der Waals surface area contributed by atoms with E-state index in [9.17, 15) is 13.6 Å². The minimum atomic E-state index is -2.85. The number of carbonyl (C=O) groups is 1. The summed E-state index contributed by atoms with van der Waals surface area (Å²) in [7, 11) is 0. The van der Waals surface area contributed by atoms with E-state index in [1.54, 1.807) is 6.92 Å². The van der Waals surface area contributed by atoms with Gasteiger partial charge in [0.1, 0.15) is 11.8 Å². The molecule has 0 N–H and O–H groups in total. The SMILES string of the molecule is CCOC(=O)c1cnc(C#N)c(C(F)F)c1. The molecule has 0 bridgehead atoms. The molecule has 0 radical (unpaired) electrons. The fourth-order valence-electron chi connectivity index (χ4n) is 1.07. The summed E-state index contributed by atoms with van der Waals surface area (Å²) in [5.74, 6) is -0.735. The lowest BCUT2D eigenvalue weighted by Gasteiger charge is -2.05. The van der Waals surface area contributed by atoms with Crippen molar-refractivity contribution in [2.24, 2.45) is 0 Å². The van der Waals surface area contributed by atoms with Gasteiger partial charge >= 0.3 is 5.97 Å². The van der Waals surface area contributed by atoms with Crippen LogP contribution in [0.2, 0.25) is 0 Å². The van der Waals surface area contributed by atoms with Gasteiger partial charge in [-0.3, -0.25) is 0 Å². The average Bonchev–Trinajstić information content (AvgIpc) is 2.28. The van der Waals surface area contributed by atoms with Gasteiger partial charge in [-0.2, -0.15) is 5.26 Å². The molecule has 0 saturated heterocycles. The summed E-state index contributed by atoms with van der Waals surface area (Å²) in [5.41, 5.74) is -1.03. The van der Waals surface area contributed by atoms with Gasteiger partial charge in [-0.25, -0.2) is 18.6 Å². The van der Waals surface area contributed by atoms with Crippen molar-refractivity contribution in [2.45, 2.75) is 13.3 Å². The van der Waals surface area contributed by atoms with Crippen molar-refractivity contribution in [1.82, 2.24) is 4.98 Å². The third-order valence-corrected chi connectivity index (χ3v) is 1.77.